The van der Waals surface area contributed by atoms with Gasteiger partial charge in [-0.1, -0.05) is 24.8 Å². The zero-order valence-electron chi connectivity index (χ0n) is 13.3. The quantitative estimate of drug-likeness (QED) is 0.855. The number of anilines is 1. The van der Waals surface area contributed by atoms with E-state index in [1.165, 1.54) is 0 Å². The Bertz CT molecular complexity index is 850. The zero-order chi connectivity index (χ0) is 16.8. The third-order valence-corrected chi connectivity index (χ3v) is 4.49. The topological polar surface area (TPSA) is 57.8 Å². The maximum atomic E-state index is 11.5. The molecule has 23 heavy (non-hydrogen) atoms. The summed E-state index contributed by atoms with van der Waals surface area (Å²) in [5.74, 6) is 0.157. The largest absolute Gasteiger partial charge is 0.478 e. The Morgan fingerprint density at radius 3 is 2.74 bits per heavy atom. The number of pyridine rings is 1. The molecular weight excluding hydrogens is 290 g/mol. The smallest absolute Gasteiger partial charge is 0.336 e. The third kappa shape index (κ3) is 2.23. The fraction of sp³-hybridized carbons (Fsp3) is 0.278. The molecule has 0 saturated carbocycles. The molecule has 5 nitrogen and oxygen atoms in total. The molecule has 0 atom stereocenters. The summed E-state index contributed by atoms with van der Waals surface area (Å²) in [4.78, 5) is 21.5. The highest BCUT2D eigenvalue weighted by atomic mass is 16.4. The number of aromatic nitrogens is 1. The lowest BCUT2D eigenvalue weighted by Gasteiger charge is -2.31. The van der Waals surface area contributed by atoms with Crippen molar-refractivity contribution >= 4 is 17.6 Å². The fourth-order valence-electron chi connectivity index (χ4n) is 3.17. The van der Waals surface area contributed by atoms with Gasteiger partial charge in [-0.2, -0.15) is 0 Å². The molecule has 0 bridgehead atoms. The van der Waals surface area contributed by atoms with Crippen molar-refractivity contribution in [3.63, 3.8) is 0 Å². The van der Waals surface area contributed by atoms with E-state index in [4.69, 9.17) is 6.57 Å². The minimum absolute atomic E-state index is 0.329. The minimum atomic E-state index is -0.918. The van der Waals surface area contributed by atoms with Gasteiger partial charge in [0.1, 0.15) is 0 Å². The Balaban J connectivity index is 2.13. The van der Waals surface area contributed by atoms with E-state index in [9.17, 15) is 9.90 Å². The molecule has 0 amide bonds. The molecule has 0 fully saturated rings. The van der Waals surface area contributed by atoms with E-state index in [-0.39, 0.29) is 5.54 Å². The predicted octanol–water partition coefficient (Wildman–Crippen LogP) is 3.89. The van der Waals surface area contributed by atoms with Crippen molar-refractivity contribution in [2.75, 3.05) is 4.90 Å². The van der Waals surface area contributed by atoms with Crippen LogP contribution in [0.15, 0.2) is 30.3 Å². The predicted molar refractivity (Wildman–Crippen MR) is 87.8 cm³/mol. The Morgan fingerprint density at radius 1 is 1.35 bits per heavy atom. The van der Waals surface area contributed by atoms with Gasteiger partial charge in [0.15, 0.2) is 0 Å². The average Bonchev–Trinajstić information content (AvgIpc) is 2.79. The highest BCUT2D eigenvalue weighted by Crippen LogP contribution is 2.43. The number of carboxylic acid groups (broad SMARTS) is 1. The molecule has 3 rings (SSSR count). The lowest BCUT2D eigenvalue weighted by atomic mass is 9.91. The van der Waals surface area contributed by atoms with Crippen LogP contribution in [0.4, 0.5) is 11.6 Å². The molecule has 0 radical (unpaired) electrons. The van der Waals surface area contributed by atoms with Crippen LogP contribution < -0.4 is 4.90 Å². The molecule has 1 N–H and O–H groups in total. The van der Waals surface area contributed by atoms with Gasteiger partial charge < -0.3 is 14.9 Å². The molecule has 0 saturated heterocycles. The molecule has 5 heteroatoms. The SMILES string of the molecule is [C-]#[N+]c1nc(N2Cc3c(C(=O)O)cccc3C2(C)C)ccc1C. The van der Waals surface area contributed by atoms with Crippen molar-refractivity contribution in [2.45, 2.75) is 32.9 Å². The number of hydrogen-bond acceptors (Lipinski definition) is 3. The van der Waals surface area contributed by atoms with Crippen LogP contribution in [0.2, 0.25) is 0 Å². The molecule has 1 aliphatic heterocycles. The summed E-state index contributed by atoms with van der Waals surface area (Å²) in [6.07, 6.45) is 0. The van der Waals surface area contributed by atoms with E-state index in [0.29, 0.717) is 23.7 Å². The van der Waals surface area contributed by atoms with Crippen molar-refractivity contribution in [3.05, 3.63) is 64.0 Å². The molecule has 0 unspecified atom stereocenters. The summed E-state index contributed by atoms with van der Waals surface area (Å²) < 4.78 is 0. The maximum absolute atomic E-state index is 11.5. The number of benzene rings is 1. The van der Waals surface area contributed by atoms with Crippen LogP contribution in [0.3, 0.4) is 0 Å². The van der Waals surface area contributed by atoms with Crippen molar-refractivity contribution in [3.8, 4) is 0 Å². The number of fused-ring (bicyclic) bond motifs is 1. The molecule has 116 valence electrons. The van der Waals surface area contributed by atoms with Gasteiger partial charge in [-0.25, -0.2) is 4.79 Å². The van der Waals surface area contributed by atoms with Crippen molar-refractivity contribution in [1.29, 1.82) is 0 Å². The Kier molecular flexibility index (Phi) is 3.33. The number of aromatic carboxylic acids is 1. The van der Waals surface area contributed by atoms with Crippen LogP contribution in [0.5, 0.6) is 0 Å². The minimum Gasteiger partial charge on any atom is -0.478 e. The summed E-state index contributed by atoms with van der Waals surface area (Å²) in [5.41, 5.74) is 2.59. The van der Waals surface area contributed by atoms with Gasteiger partial charge >= 0.3 is 5.97 Å². The second kappa shape index (κ2) is 5.10. The van der Waals surface area contributed by atoms with Crippen LogP contribution in [-0.2, 0) is 12.1 Å². The van der Waals surface area contributed by atoms with Crippen molar-refractivity contribution in [1.82, 2.24) is 4.98 Å². The molecule has 0 aliphatic carbocycles. The first-order chi connectivity index (χ1) is 10.9. The molecule has 1 aromatic heterocycles. The monoisotopic (exact) mass is 307 g/mol. The normalized spacial score (nSPS) is 15.1. The number of hydrogen-bond donors (Lipinski definition) is 1. The lowest BCUT2D eigenvalue weighted by Crippen LogP contribution is -2.35. The van der Waals surface area contributed by atoms with Crippen LogP contribution in [0.25, 0.3) is 4.85 Å². The summed E-state index contributed by atoms with van der Waals surface area (Å²) in [7, 11) is 0. The first-order valence-corrected chi connectivity index (χ1v) is 7.34. The fourth-order valence-corrected chi connectivity index (χ4v) is 3.17. The van der Waals surface area contributed by atoms with Gasteiger partial charge in [0.2, 0.25) is 5.82 Å². The van der Waals surface area contributed by atoms with Gasteiger partial charge in [0, 0.05) is 12.6 Å². The second-order valence-electron chi connectivity index (χ2n) is 6.20. The highest BCUT2D eigenvalue weighted by Gasteiger charge is 2.41. The molecular formula is C18H17N3O2. The van der Waals surface area contributed by atoms with E-state index in [1.807, 2.05) is 39.0 Å². The number of nitrogens with zero attached hydrogens (tertiary/aromatic N) is 3. The van der Waals surface area contributed by atoms with Gasteiger partial charge in [0.05, 0.1) is 11.1 Å². The van der Waals surface area contributed by atoms with E-state index < -0.39 is 5.97 Å². The van der Waals surface area contributed by atoms with Gasteiger partial charge in [0.25, 0.3) is 5.82 Å². The van der Waals surface area contributed by atoms with Crippen molar-refractivity contribution in [2.24, 2.45) is 0 Å². The Labute approximate surface area is 135 Å². The number of aryl methyl sites for hydroxylation is 1. The number of carboxylic acids is 1. The van der Waals surface area contributed by atoms with Crippen LogP contribution in [-0.4, -0.2) is 16.1 Å². The van der Waals surface area contributed by atoms with Crippen LogP contribution >= 0.6 is 0 Å². The first-order valence-electron chi connectivity index (χ1n) is 7.34. The van der Waals surface area contributed by atoms with E-state index in [1.54, 1.807) is 12.1 Å². The van der Waals surface area contributed by atoms with E-state index in [0.717, 1.165) is 16.7 Å². The summed E-state index contributed by atoms with van der Waals surface area (Å²) >= 11 is 0. The summed E-state index contributed by atoms with van der Waals surface area (Å²) in [6.45, 7) is 13.7. The molecule has 2 aromatic rings. The summed E-state index contributed by atoms with van der Waals surface area (Å²) in [5, 5.41) is 9.42. The third-order valence-electron chi connectivity index (χ3n) is 4.49. The molecule has 1 aromatic carbocycles. The Hall–Kier alpha value is -2.87. The second-order valence-corrected chi connectivity index (χ2v) is 6.20. The highest BCUT2D eigenvalue weighted by molar-refractivity contribution is 5.90. The Morgan fingerprint density at radius 2 is 2.09 bits per heavy atom. The van der Waals surface area contributed by atoms with Gasteiger partial charge in [-0.3, -0.25) is 0 Å². The summed E-state index contributed by atoms with van der Waals surface area (Å²) in [6, 6.07) is 9.14. The molecule has 1 aliphatic rings. The van der Waals surface area contributed by atoms with Crippen molar-refractivity contribution < 1.29 is 9.90 Å². The number of rotatable bonds is 2. The van der Waals surface area contributed by atoms with Crippen LogP contribution in [0, 0.1) is 13.5 Å². The first kappa shape index (κ1) is 15.0. The van der Waals surface area contributed by atoms with Crippen LogP contribution in [0.1, 0.15) is 40.9 Å². The zero-order valence-corrected chi connectivity index (χ0v) is 13.3. The van der Waals surface area contributed by atoms with E-state index >= 15 is 0 Å². The molecule has 0 spiro atoms. The maximum Gasteiger partial charge on any atom is 0.336 e. The van der Waals surface area contributed by atoms with Gasteiger partial charge in [-0.15, -0.1) is 4.98 Å². The average molecular weight is 307 g/mol. The number of carbonyl (C=O) groups is 1. The van der Waals surface area contributed by atoms with Gasteiger partial charge in [-0.05, 0) is 43.5 Å². The molecule has 2 heterocycles. The lowest BCUT2D eigenvalue weighted by molar-refractivity contribution is 0.0696. The van der Waals surface area contributed by atoms with E-state index in [2.05, 4.69) is 14.7 Å². The standard InChI is InChI=1S/C18H17N3O2/c1-11-8-9-15(20-16(11)19-4)21-10-13-12(17(22)23)6-5-7-14(13)18(21,2)3/h5-9H,10H2,1-3H3,(H,22,23).